The molecular weight excluding hydrogens is 499 g/mol. The number of aromatic nitrogens is 4. The number of nitrogens with zero attached hydrogens (tertiary/aromatic N) is 5. The molecule has 180 valence electrons. The first-order valence-electron chi connectivity index (χ1n) is 10.3. The minimum Gasteiger partial charge on any atom is -0.482 e. The van der Waals surface area contributed by atoms with E-state index < -0.39 is 4.92 Å². The summed E-state index contributed by atoms with van der Waals surface area (Å²) in [6.07, 6.45) is 2.82. The molecule has 1 amide bonds. The van der Waals surface area contributed by atoms with Gasteiger partial charge >= 0.3 is 0 Å². The van der Waals surface area contributed by atoms with Gasteiger partial charge in [-0.3, -0.25) is 24.3 Å². The van der Waals surface area contributed by atoms with Gasteiger partial charge < -0.3 is 10.1 Å². The van der Waals surface area contributed by atoms with Gasteiger partial charge in [0.2, 0.25) is 0 Å². The van der Waals surface area contributed by atoms with Gasteiger partial charge in [-0.15, -0.1) is 0 Å². The van der Waals surface area contributed by atoms with Crippen molar-refractivity contribution in [2.75, 3.05) is 13.2 Å². The van der Waals surface area contributed by atoms with Gasteiger partial charge in [-0.1, -0.05) is 35.3 Å². The molecule has 0 aliphatic rings. The Labute approximate surface area is 208 Å². The molecule has 2 heterocycles. The third-order valence-corrected chi connectivity index (χ3v) is 5.55. The Bertz CT molecular complexity index is 1450. The number of nitro groups is 1. The lowest BCUT2D eigenvalue weighted by Gasteiger charge is -2.09. The summed E-state index contributed by atoms with van der Waals surface area (Å²) in [5.74, 6) is -0.00983. The van der Waals surface area contributed by atoms with Crippen LogP contribution in [0.1, 0.15) is 5.56 Å². The molecule has 2 aromatic carbocycles. The number of fused-ring (bicyclic) bond motifs is 1. The highest BCUT2D eigenvalue weighted by atomic mass is 35.5. The molecule has 35 heavy (non-hydrogen) atoms. The van der Waals surface area contributed by atoms with Crippen LogP contribution in [0.25, 0.3) is 11.0 Å². The van der Waals surface area contributed by atoms with Crippen molar-refractivity contribution < 1.29 is 14.5 Å². The second-order valence-corrected chi connectivity index (χ2v) is 8.26. The van der Waals surface area contributed by atoms with E-state index in [4.69, 9.17) is 27.9 Å². The van der Waals surface area contributed by atoms with Crippen LogP contribution >= 0.6 is 23.2 Å². The van der Waals surface area contributed by atoms with Crippen molar-refractivity contribution >= 4 is 45.8 Å². The van der Waals surface area contributed by atoms with Crippen LogP contribution < -0.4 is 15.6 Å². The fourth-order valence-electron chi connectivity index (χ4n) is 3.28. The predicted octanol–water partition coefficient (Wildman–Crippen LogP) is 3.05. The van der Waals surface area contributed by atoms with E-state index in [0.717, 1.165) is 5.56 Å². The van der Waals surface area contributed by atoms with Crippen molar-refractivity contribution in [3.8, 4) is 5.75 Å². The van der Waals surface area contributed by atoms with E-state index in [-0.39, 0.29) is 43.4 Å². The van der Waals surface area contributed by atoms with Crippen LogP contribution in [0.5, 0.6) is 5.75 Å². The Morgan fingerprint density at radius 2 is 1.94 bits per heavy atom. The zero-order valence-corrected chi connectivity index (χ0v) is 19.6. The average molecular weight is 517 g/mol. The number of hydrogen-bond acceptors (Lipinski definition) is 7. The van der Waals surface area contributed by atoms with Gasteiger partial charge in [0.15, 0.2) is 12.3 Å². The van der Waals surface area contributed by atoms with Crippen LogP contribution in [-0.2, 0) is 17.9 Å². The van der Waals surface area contributed by atoms with Gasteiger partial charge in [0.1, 0.15) is 17.5 Å². The number of carbonyl (C=O) groups excluding carboxylic acids is 1. The standard InChI is InChI=1S/C22H18Cl2N6O5/c23-15-3-6-19(18(24)9-15)35-12-20(31)25-7-8-29-21-17(10-27-29)22(32)28(13-26-21)11-14-1-4-16(5-2-14)30(33)34/h1-6,9-10,13H,7-8,11-12H2,(H,25,31). The molecule has 4 rings (SSSR count). The SMILES string of the molecule is O=C(COc1ccc(Cl)cc1Cl)NCCn1ncc2c(=O)n(Cc3ccc([N+](=O)[O-])cc3)cnc21. The molecule has 0 radical (unpaired) electrons. The summed E-state index contributed by atoms with van der Waals surface area (Å²) >= 11 is 11.8. The number of amides is 1. The van der Waals surface area contributed by atoms with E-state index in [1.807, 2.05) is 0 Å². The Balaban J connectivity index is 1.34. The highest BCUT2D eigenvalue weighted by Crippen LogP contribution is 2.27. The number of non-ortho nitro benzene ring substituents is 1. The molecule has 0 atom stereocenters. The Hall–Kier alpha value is -3.96. The van der Waals surface area contributed by atoms with E-state index in [9.17, 15) is 19.7 Å². The number of ether oxygens (including phenoxy) is 1. The van der Waals surface area contributed by atoms with Crippen LogP contribution in [0.3, 0.4) is 0 Å². The summed E-state index contributed by atoms with van der Waals surface area (Å²) in [4.78, 5) is 39.5. The lowest BCUT2D eigenvalue weighted by atomic mass is 10.2. The third-order valence-electron chi connectivity index (χ3n) is 5.02. The minimum atomic E-state index is -0.483. The molecule has 13 heteroatoms. The molecule has 0 unspecified atom stereocenters. The van der Waals surface area contributed by atoms with Crippen molar-refractivity contribution in [3.05, 3.63) is 91.1 Å². The highest BCUT2D eigenvalue weighted by molar-refractivity contribution is 6.35. The number of benzene rings is 2. The molecule has 0 fully saturated rings. The lowest BCUT2D eigenvalue weighted by Crippen LogP contribution is -2.32. The van der Waals surface area contributed by atoms with Crippen LogP contribution in [-0.4, -0.2) is 43.3 Å². The monoisotopic (exact) mass is 516 g/mol. The number of carbonyl (C=O) groups is 1. The van der Waals surface area contributed by atoms with Crippen LogP contribution in [0.2, 0.25) is 10.0 Å². The van der Waals surface area contributed by atoms with Crippen molar-refractivity contribution in [2.45, 2.75) is 13.1 Å². The van der Waals surface area contributed by atoms with Crippen LogP contribution in [0, 0.1) is 10.1 Å². The maximum atomic E-state index is 12.8. The Morgan fingerprint density at radius 1 is 1.17 bits per heavy atom. The molecule has 4 aromatic rings. The first-order valence-corrected chi connectivity index (χ1v) is 11.1. The Kier molecular flexibility index (Phi) is 7.28. The molecule has 2 aromatic heterocycles. The zero-order chi connectivity index (χ0) is 24.9. The third kappa shape index (κ3) is 5.76. The summed E-state index contributed by atoms with van der Waals surface area (Å²) in [6, 6.07) is 10.6. The van der Waals surface area contributed by atoms with E-state index in [1.54, 1.807) is 24.3 Å². The van der Waals surface area contributed by atoms with Crippen LogP contribution in [0.15, 0.2) is 59.8 Å². The smallest absolute Gasteiger partial charge is 0.269 e. The first kappa shape index (κ1) is 24.2. The summed E-state index contributed by atoms with van der Waals surface area (Å²) in [5, 5.41) is 18.8. The number of rotatable bonds is 9. The lowest BCUT2D eigenvalue weighted by molar-refractivity contribution is -0.384. The second kappa shape index (κ2) is 10.5. The predicted molar refractivity (Wildman–Crippen MR) is 129 cm³/mol. The molecular formula is C22H18Cl2N6O5. The number of nitrogens with one attached hydrogen (secondary N) is 1. The van der Waals surface area contributed by atoms with Crippen molar-refractivity contribution in [1.29, 1.82) is 0 Å². The number of hydrogen-bond donors (Lipinski definition) is 1. The molecule has 0 saturated heterocycles. The number of nitro benzene ring substituents is 1. The second-order valence-electron chi connectivity index (χ2n) is 7.42. The maximum absolute atomic E-state index is 12.8. The van der Waals surface area contributed by atoms with Gasteiger partial charge in [0, 0.05) is 23.7 Å². The van der Waals surface area contributed by atoms with Crippen molar-refractivity contribution in [1.82, 2.24) is 24.6 Å². The van der Waals surface area contributed by atoms with Gasteiger partial charge in [-0.05, 0) is 23.8 Å². The normalized spacial score (nSPS) is 10.9. The summed E-state index contributed by atoms with van der Waals surface area (Å²) < 4.78 is 8.31. The molecule has 0 bridgehead atoms. The minimum absolute atomic E-state index is 0.0246. The topological polar surface area (TPSA) is 134 Å². The van der Waals surface area contributed by atoms with Gasteiger partial charge in [-0.2, -0.15) is 5.10 Å². The van der Waals surface area contributed by atoms with Gasteiger partial charge in [0.25, 0.3) is 17.2 Å². The van der Waals surface area contributed by atoms with Gasteiger partial charge in [0.05, 0.1) is 29.2 Å². The molecule has 0 aliphatic carbocycles. The Morgan fingerprint density at radius 3 is 2.66 bits per heavy atom. The summed E-state index contributed by atoms with van der Waals surface area (Å²) in [5.41, 5.74) is 0.782. The summed E-state index contributed by atoms with van der Waals surface area (Å²) in [6.45, 7) is 0.502. The van der Waals surface area contributed by atoms with Crippen molar-refractivity contribution in [3.63, 3.8) is 0 Å². The largest absolute Gasteiger partial charge is 0.482 e. The van der Waals surface area contributed by atoms with E-state index >= 15 is 0 Å². The fraction of sp³-hybridized carbons (Fsp3) is 0.182. The van der Waals surface area contributed by atoms with Gasteiger partial charge in [-0.25, -0.2) is 9.67 Å². The molecule has 1 N–H and O–H groups in total. The van der Waals surface area contributed by atoms with E-state index in [1.165, 1.54) is 40.0 Å². The summed E-state index contributed by atoms with van der Waals surface area (Å²) in [7, 11) is 0. The first-order chi connectivity index (χ1) is 16.8. The van der Waals surface area contributed by atoms with E-state index in [0.29, 0.717) is 26.8 Å². The molecule has 0 aliphatic heterocycles. The fourth-order valence-corrected chi connectivity index (χ4v) is 3.74. The maximum Gasteiger partial charge on any atom is 0.269 e. The quantitative estimate of drug-likeness (QED) is 0.266. The van der Waals surface area contributed by atoms with Crippen LogP contribution in [0.4, 0.5) is 5.69 Å². The zero-order valence-electron chi connectivity index (χ0n) is 18.1. The number of halogens is 2. The molecule has 11 nitrogen and oxygen atoms in total. The average Bonchev–Trinajstić information content (AvgIpc) is 3.24. The molecule has 0 spiro atoms. The molecule has 0 saturated carbocycles. The van der Waals surface area contributed by atoms with E-state index in [2.05, 4.69) is 15.4 Å². The highest BCUT2D eigenvalue weighted by Gasteiger charge is 2.12. The van der Waals surface area contributed by atoms with Crippen molar-refractivity contribution in [2.24, 2.45) is 0 Å².